The third kappa shape index (κ3) is 3.49. The van der Waals surface area contributed by atoms with Crippen molar-refractivity contribution >= 4 is 17.7 Å². The van der Waals surface area contributed by atoms with Gasteiger partial charge in [0.05, 0.1) is 12.0 Å². The zero-order chi connectivity index (χ0) is 18.7. The summed E-state index contributed by atoms with van der Waals surface area (Å²) in [7, 11) is 1.62. The van der Waals surface area contributed by atoms with E-state index in [1.807, 2.05) is 13.0 Å². The molecule has 1 saturated carbocycles. The van der Waals surface area contributed by atoms with Crippen LogP contribution in [0.1, 0.15) is 24.8 Å². The minimum Gasteiger partial charge on any atom is -0.491 e. The molecule has 0 unspecified atom stereocenters. The first-order chi connectivity index (χ1) is 12.5. The Labute approximate surface area is 153 Å². The number of aliphatic carboxylic acids is 1. The predicted molar refractivity (Wildman–Crippen MR) is 96.6 cm³/mol. The van der Waals surface area contributed by atoms with Gasteiger partial charge in [0.25, 0.3) is 0 Å². The molecule has 7 nitrogen and oxygen atoms in total. The van der Waals surface area contributed by atoms with E-state index in [1.54, 1.807) is 24.1 Å². The molecular weight excluding hydrogens is 336 g/mol. The maximum Gasteiger partial charge on any atom is 0.321 e. The van der Waals surface area contributed by atoms with Crippen LogP contribution < -0.4 is 10.1 Å². The number of urea groups is 1. The van der Waals surface area contributed by atoms with E-state index >= 15 is 0 Å². The van der Waals surface area contributed by atoms with Crippen LogP contribution in [0.25, 0.3) is 0 Å². The van der Waals surface area contributed by atoms with Crippen molar-refractivity contribution in [3.8, 4) is 5.75 Å². The van der Waals surface area contributed by atoms with Crippen LogP contribution in [0.5, 0.6) is 5.75 Å². The molecule has 1 aromatic rings. The van der Waals surface area contributed by atoms with Gasteiger partial charge in [0, 0.05) is 25.9 Å². The first-order valence-electron chi connectivity index (χ1n) is 8.98. The highest BCUT2D eigenvalue weighted by molar-refractivity contribution is 5.91. The molecular formula is C19H26N2O5. The van der Waals surface area contributed by atoms with Crippen LogP contribution in [0.3, 0.4) is 0 Å². The highest BCUT2D eigenvalue weighted by Gasteiger charge is 2.55. The van der Waals surface area contributed by atoms with E-state index in [0.29, 0.717) is 31.9 Å². The van der Waals surface area contributed by atoms with Gasteiger partial charge in [-0.1, -0.05) is 6.42 Å². The molecule has 1 aromatic carbocycles. The smallest absolute Gasteiger partial charge is 0.321 e. The van der Waals surface area contributed by atoms with E-state index in [9.17, 15) is 14.7 Å². The van der Waals surface area contributed by atoms with Crippen molar-refractivity contribution in [1.82, 2.24) is 4.90 Å². The number of methoxy groups -OCH3 is 1. The molecule has 0 aromatic heterocycles. The van der Waals surface area contributed by atoms with E-state index in [1.165, 1.54) is 0 Å². The van der Waals surface area contributed by atoms with Crippen LogP contribution in [0.2, 0.25) is 0 Å². The third-order valence-corrected chi connectivity index (χ3v) is 5.58. The summed E-state index contributed by atoms with van der Waals surface area (Å²) in [6, 6.07) is 5.23. The molecule has 3 rings (SSSR count). The Morgan fingerprint density at radius 3 is 2.85 bits per heavy atom. The number of aryl methyl sites for hydroxylation is 1. The summed E-state index contributed by atoms with van der Waals surface area (Å²) in [6.45, 7) is 3.68. The highest BCUT2D eigenvalue weighted by Crippen LogP contribution is 2.48. The zero-order valence-electron chi connectivity index (χ0n) is 15.3. The molecule has 0 radical (unpaired) electrons. The second-order valence-electron chi connectivity index (χ2n) is 7.18. The van der Waals surface area contributed by atoms with Crippen molar-refractivity contribution < 1.29 is 24.2 Å². The lowest BCUT2D eigenvalue weighted by Crippen LogP contribution is -2.38. The van der Waals surface area contributed by atoms with Gasteiger partial charge in [-0.15, -0.1) is 0 Å². The fraction of sp³-hybridized carbons (Fsp3) is 0.579. The van der Waals surface area contributed by atoms with E-state index in [0.717, 1.165) is 24.2 Å². The number of nitrogens with one attached hydrogen (secondary N) is 1. The molecule has 1 aliphatic carbocycles. The molecule has 0 spiro atoms. The normalized spacial score (nSPS) is 24.4. The number of benzene rings is 1. The standard InChI is InChI=1S/C19H26N2O5/c1-13-10-15(26-9-8-25-2)5-6-16(13)20-18(24)21-11-14-4-3-7-19(14,12-21)17(22)23/h5-6,10,14H,3-4,7-9,11-12H2,1-2H3,(H,20,24)(H,22,23)/t14-,19+/m0/s1. The van der Waals surface area contributed by atoms with Crippen molar-refractivity contribution in [3.63, 3.8) is 0 Å². The number of amides is 2. The summed E-state index contributed by atoms with van der Waals surface area (Å²) < 4.78 is 10.5. The van der Waals surface area contributed by atoms with E-state index in [4.69, 9.17) is 9.47 Å². The average molecular weight is 362 g/mol. The van der Waals surface area contributed by atoms with Crippen LogP contribution in [0, 0.1) is 18.3 Å². The van der Waals surface area contributed by atoms with Gasteiger partial charge in [0.1, 0.15) is 12.4 Å². The Hall–Kier alpha value is -2.28. The number of rotatable bonds is 6. The molecule has 1 aliphatic heterocycles. The van der Waals surface area contributed by atoms with Gasteiger partial charge in [-0.2, -0.15) is 0 Å². The summed E-state index contributed by atoms with van der Waals surface area (Å²) in [5, 5.41) is 12.6. The Morgan fingerprint density at radius 1 is 1.38 bits per heavy atom. The van der Waals surface area contributed by atoms with Gasteiger partial charge < -0.3 is 24.8 Å². The number of carboxylic acids is 1. The Bertz CT molecular complexity index is 693. The van der Waals surface area contributed by atoms with Crippen LogP contribution >= 0.6 is 0 Å². The quantitative estimate of drug-likeness (QED) is 0.760. The van der Waals surface area contributed by atoms with Crippen LogP contribution in [0.15, 0.2) is 18.2 Å². The van der Waals surface area contributed by atoms with E-state index in [2.05, 4.69) is 5.32 Å². The number of carbonyl (C=O) groups is 2. The van der Waals surface area contributed by atoms with Crippen molar-refractivity contribution in [2.24, 2.45) is 11.3 Å². The van der Waals surface area contributed by atoms with Crippen molar-refractivity contribution in [1.29, 1.82) is 0 Å². The number of anilines is 1. The lowest BCUT2D eigenvalue weighted by atomic mass is 9.81. The predicted octanol–water partition coefficient (Wildman–Crippen LogP) is 2.74. The van der Waals surface area contributed by atoms with Gasteiger partial charge in [0.15, 0.2) is 0 Å². The number of hydrogen-bond acceptors (Lipinski definition) is 4. The number of hydrogen-bond donors (Lipinski definition) is 2. The number of carbonyl (C=O) groups excluding carboxylic acids is 1. The molecule has 1 saturated heterocycles. The van der Waals surface area contributed by atoms with Crippen molar-refractivity contribution in [3.05, 3.63) is 23.8 Å². The fourth-order valence-corrected chi connectivity index (χ4v) is 4.10. The van der Waals surface area contributed by atoms with Gasteiger partial charge in [-0.25, -0.2) is 4.79 Å². The lowest BCUT2D eigenvalue weighted by molar-refractivity contribution is -0.149. The van der Waals surface area contributed by atoms with Crippen LogP contribution in [-0.2, 0) is 9.53 Å². The molecule has 7 heteroatoms. The monoisotopic (exact) mass is 362 g/mol. The second-order valence-corrected chi connectivity index (χ2v) is 7.18. The van der Waals surface area contributed by atoms with Gasteiger partial charge in [0.2, 0.25) is 0 Å². The first kappa shape index (κ1) is 18.5. The molecule has 1 heterocycles. The van der Waals surface area contributed by atoms with E-state index in [-0.39, 0.29) is 18.5 Å². The SMILES string of the molecule is COCCOc1ccc(NC(=O)N2C[C@@H]3CCC[C@@]3(C(=O)O)C2)c(C)c1. The number of nitrogens with zero attached hydrogens (tertiary/aromatic N) is 1. The zero-order valence-corrected chi connectivity index (χ0v) is 15.3. The number of likely N-dealkylation sites (tertiary alicyclic amines) is 1. The minimum absolute atomic E-state index is 0.0587. The Balaban J connectivity index is 1.63. The van der Waals surface area contributed by atoms with Crippen molar-refractivity contribution in [2.75, 3.05) is 38.7 Å². The maximum atomic E-state index is 12.6. The fourth-order valence-electron chi connectivity index (χ4n) is 4.10. The lowest BCUT2D eigenvalue weighted by Gasteiger charge is -2.23. The molecule has 2 N–H and O–H groups in total. The molecule has 2 atom stereocenters. The minimum atomic E-state index is -0.774. The Morgan fingerprint density at radius 2 is 2.19 bits per heavy atom. The topological polar surface area (TPSA) is 88.1 Å². The average Bonchev–Trinajstić information content (AvgIpc) is 3.16. The first-order valence-corrected chi connectivity index (χ1v) is 8.98. The maximum absolute atomic E-state index is 12.6. The second kappa shape index (κ2) is 7.53. The number of fused-ring (bicyclic) bond motifs is 1. The van der Waals surface area contributed by atoms with Crippen LogP contribution in [-0.4, -0.2) is 55.4 Å². The molecule has 26 heavy (non-hydrogen) atoms. The van der Waals surface area contributed by atoms with Gasteiger partial charge >= 0.3 is 12.0 Å². The molecule has 0 bridgehead atoms. The summed E-state index contributed by atoms with van der Waals surface area (Å²) in [6.07, 6.45) is 2.46. The van der Waals surface area contributed by atoms with Gasteiger partial charge in [-0.05, 0) is 49.4 Å². The molecule has 2 fully saturated rings. The molecule has 2 amide bonds. The Kier molecular flexibility index (Phi) is 5.36. The molecule has 2 aliphatic rings. The largest absolute Gasteiger partial charge is 0.491 e. The summed E-state index contributed by atoms with van der Waals surface area (Å²) in [5.41, 5.74) is 0.835. The molecule has 142 valence electrons. The summed E-state index contributed by atoms with van der Waals surface area (Å²) in [4.78, 5) is 26.0. The van der Waals surface area contributed by atoms with Gasteiger partial charge in [-0.3, -0.25) is 4.79 Å². The van der Waals surface area contributed by atoms with E-state index < -0.39 is 11.4 Å². The van der Waals surface area contributed by atoms with Crippen LogP contribution in [0.4, 0.5) is 10.5 Å². The number of ether oxygens (including phenoxy) is 2. The van der Waals surface area contributed by atoms with Crippen molar-refractivity contribution in [2.45, 2.75) is 26.2 Å². The summed E-state index contributed by atoms with van der Waals surface area (Å²) >= 11 is 0. The highest BCUT2D eigenvalue weighted by atomic mass is 16.5. The summed E-state index contributed by atoms with van der Waals surface area (Å²) in [5.74, 6) is 0.00512. The third-order valence-electron chi connectivity index (χ3n) is 5.58. The number of carboxylic acid groups (broad SMARTS) is 1.